The Labute approximate surface area is 149 Å². The van der Waals surface area contributed by atoms with Gasteiger partial charge in [-0.15, -0.1) is 0 Å². The van der Waals surface area contributed by atoms with Gasteiger partial charge in [0.25, 0.3) is 0 Å². The molecule has 0 saturated carbocycles. The fraction of sp³-hybridized carbons (Fsp3) is 0.300. The monoisotopic (exact) mass is 325 g/mol. The zero-order valence-corrected chi connectivity index (χ0v) is 14.1. The van der Waals surface area contributed by atoms with Crippen molar-refractivity contribution in [1.29, 1.82) is 0 Å². The van der Waals surface area contributed by atoms with Gasteiger partial charge in [0, 0.05) is 10.9 Å². The van der Waals surface area contributed by atoms with Gasteiger partial charge in [-0.25, -0.2) is 0 Å². The largest absolute Gasteiger partial charge is 0.495 e. The lowest BCUT2D eigenvalue weighted by atomic mass is 9.77. The summed E-state index contributed by atoms with van der Waals surface area (Å²) < 4.78 is 58.1. The Hall–Kier alpha value is -2.04. The molecule has 0 radical (unpaired) electrons. The average Bonchev–Trinajstić information content (AvgIpc) is 3.16. The molecule has 0 N–H and O–H groups in total. The van der Waals surface area contributed by atoms with Gasteiger partial charge in [0.2, 0.25) is 0 Å². The van der Waals surface area contributed by atoms with Crippen LogP contribution in [0.25, 0.3) is 22.3 Å². The smallest absolute Gasteiger partial charge is 0.456 e. The summed E-state index contributed by atoms with van der Waals surface area (Å²) in [5.41, 5.74) is 0.327. The van der Waals surface area contributed by atoms with Gasteiger partial charge in [0.15, 0.2) is 0 Å². The summed E-state index contributed by atoms with van der Waals surface area (Å²) in [6.45, 7) is 7.89. The van der Waals surface area contributed by atoms with E-state index in [0.717, 1.165) is 5.46 Å². The first kappa shape index (κ1) is 10.8. The molecule has 1 saturated heterocycles. The number of hydrogen-bond acceptors (Lipinski definition) is 3. The summed E-state index contributed by atoms with van der Waals surface area (Å²) in [6, 6.07) is 5.33. The molecule has 2 aromatic carbocycles. The van der Waals surface area contributed by atoms with Crippen LogP contribution in [0.5, 0.6) is 0 Å². The van der Waals surface area contributed by atoms with E-state index in [2.05, 4.69) is 0 Å². The van der Waals surface area contributed by atoms with Gasteiger partial charge in [-0.05, 0) is 45.3 Å². The Balaban J connectivity index is 1.88. The van der Waals surface area contributed by atoms with Crippen molar-refractivity contribution in [3.05, 3.63) is 54.5 Å². The zero-order valence-electron chi connectivity index (χ0n) is 19.1. The summed E-state index contributed by atoms with van der Waals surface area (Å²) in [6.07, 6.45) is 0. The Kier molecular flexibility index (Phi) is 2.34. The molecule has 0 amide bonds. The highest BCUT2D eigenvalue weighted by Gasteiger charge is 2.52. The van der Waals surface area contributed by atoms with Crippen molar-refractivity contribution in [2.45, 2.75) is 38.9 Å². The second-order valence-corrected chi connectivity index (χ2v) is 6.96. The van der Waals surface area contributed by atoms with Gasteiger partial charge in [-0.2, -0.15) is 0 Å². The fourth-order valence-corrected chi connectivity index (χ4v) is 2.76. The van der Waals surface area contributed by atoms with Gasteiger partial charge < -0.3 is 13.7 Å². The molecule has 4 heteroatoms. The predicted molar refractivity (Wildman–Crippen MR) is 97.4 cm³/mol. The van der Waals surface area contributed by atoms with Crippen LogP contribution < -0.4 is 5.46 Å². The van der Waals surface area contributed by atoms with Crippen LogP contribution in [0.2, 0.25) is 0 Å². The van der Waals surface area contributed by atoms with Crippen LogP contribution in [0.3, 0.4) is 0 Å². The highest BCUT2D eigenvalue weighted by molar-refractivity contribution is 6.65. The Bertz CT molecular complexity index is 1090. The summed E-state index contributed by atoms with van der Waals surface area (Å²) in [5.74, 6) is 0.209. The van der Waals surface area contributed by atoms with Crippen molar-refractivity contribution >= 4 is 23.6 Å². The highest BCUT2D eigenvalue weighted by atomic mass is 16.7. The van der Waals surface area contributed by atoms with E-state index < -0.39 is 36.4 Å². The van der Waals surface area contributed by atoms with Crippen LogP contribution in [-0.4, -0.2) is 18.3 Å². The third-order valence-corrected chi connectivity index (χ3v) is 4.85. The first-order chi connectivity index (χ1) is 13.4. The summed E-state index contributed by atoms with van der Waals surface area (Å²) >= 11 is 0. The van der Waals surface area contributed by atoms with Crippen molar-refractivity contribution < 1.29 is 20.6 Å². The van der Waals surface area contributed by atoms with E-state index in [1.54, 1.807) is 12.1 Å². The van der Waals surface area contributed by atoms with Crippen LogP contribution in [0.1, 0.15) is 34.5 Å². The maximum absolute atomic E-state index is 8.19. The van der Waals surface area contributed by atoms with Crippen molar-refractivity contribution in [2.75, 3.05) is 0 Å². The van der Waals surface area contributed by atoms with Crippen molar-refractivity contribution in [3.8, 4) is 11.3 Å². The number of hydrogen-bond donors (Lipinski definition) is 0. The molecular weight excluding hydrogens is 299 g/mol. The van der Waals surface area contributed by atoms with Crippen molar-refractivity contribution in [3.63, 3.8) is 0 Å². The molecule has 1 aromatic heterocycles. The quantitative estimate of drug-likeness (QED) is 0.655. The SMILES string of the molecule is [2H]c1c([2H])c([2H])c(-c2cc3c(B4OC(C)(C)C(C)(C)O4)cccc3o2)c([2H])c1[2H]. The van der Waals surface area contributed by atoms with E-state index in [1.807, 2.05) is 39.8 Å². The third kappa shape index (κ3) is 2.38. The fourth-order valence-electron chi connectivity index (χ4n) is 2.76. The molecule has 0 aliphatic carbocycles. The minimum atomic E-state index is -0.603. The lowest BCUT2D eigenvalue weighted by Crippen LogP contribution is -2.41. The molecule has 24 heavy (non-hydrogen) atoms. The lowest BCUT2D eigenvalue weighted by molar-refractivity contribution is 0.00578. The van der Waals surface area contributed by atoms with Gasteiger partial charge in [-0.3, -0.25) is 0 Å². The standard InChI is InChI=1S/C20H21BO3/c1-19(2)20(3,4)24-21(23-19)16-11-8-12-17-15(16)13-18(22-17)14-9-6-5-7-10-14/h5-13H,1-4H3/i5D,6D,7D,9D,10D. The molecule has 0 unspecified atom stereocenters. The van der Waals surface area contributed by atoms with Gasteiger partial charge in [0.05, 0.1) is 18.1 Å². The molecule has 1 aliphatic heterocycles. The summed E-state index contributed by atoms with van der Waals surface area (Å²) in [5, 5.41) is 0.716. The third-order valence-electron chi connectivity index (χ3n) is 4.85. The van der Waals surface area contributed by atoms with E-state index in [0.29, 0.717) is 11.0 Å². The van der Waals surface area contributed by atoms with E-state index in [4.69, 9.17) is 20.6 Å². The summed E-state index contributed by atoms with van der Waals surface area (Å²) in [7, 11) is -0.603. The molecule has 1 fully saturated rings. The van der Waals surface area contributed by atoms with Crippen LogP contribution in [0.4, 0.5) is 0 Å². The number of fused-ring (bicyclic) bond motifs is 1. The van der Waals surface area contributed by atoms with Gasteiger partial charge in [0.1, 0.15) is 11.3 Å². The highest BCUT2D eigenvalue weighted by Crippen LogP contribution is 2.37. The molecule has 4 rings (SSSR count). The molecule has 0 spiro atoms. The van der Waals surface area contributed by atoms with E-state index in [-0.39, 0.29) is 23.4 Å². The van der Waals surface area contributed by atoms with E-state index >= 15 is 0 Å². The maximum Gasteiger partial charge on any atom is 0.495 e. The van der Waals surface area contributed by atoms with E-state index in [9.17, 15) is 0 Å². The molecule has 2 heterocycles. The molecule has 3 aromatic rings. The Morgan fingerprint density at radius 1 is 0.958 bits per heavy atom. The van der Waals surface area contributed by atoms with E-state index in [1.165, 1.54) is 0 Å². The number of rotatable bonds is 2. The van der Waals surface area contributed by atoms with Crippen LogP contribution >= 0.6 is 0 Å². The Morgan fingerprint density at radius 2 is 1.62 bits per heavy atom. The van der Waals surface area contributed by atoms with Crippen LogP contribution in [-0.2, 0) is 9.31 Å². The van der Waals surface area contributed by atoms with Gasteiger partial charge >= 0.3 is 7.12 Å². The zero-order chi connectivity index (χ0) is 21.3. The lowest BCUT2D eigenvalue weighted by Gasteiger charge is -2.32. The topological polar surface area (TPSA) is 31.6 Å². The first-order valence-corrected chi connectivity index (χ1v) is 7.90. The van der Waals surface area contributed by atoms with Crippen LogP contribution in [0, 0.1) is 0 Å². The molecular formula is C20H21BO3. The minimum absolute atomic E-state index is 0.0343. The minimum Gasteiger partial charge on any atom is -0.456 e. The molecule has 3 nitrogen and oxygen atoms in total. The normalized spacial score (nSPS) is 22.0. The van der Waals surface area contributed by atoms with Crippen molar-refractivity contribution in [1.82, 2.24) is 0 Å². The predicted octanol–water partition coefficient (Wildman–Crippen LogP) is 4.40. The Morgan fingerprint density at radius 3 is 2.29 bits per heavy atom. The second-order valence-electron chi connectivity index (χ2n) is 6.96. The van der Waals surface area contributed by atoms with Crippen LogP contribution in [0.15, 0.2) is 58.9 Å². The maximum atomic E-state index is 8.19. The first-order valence-electron chi connectivity index (χ1n) is 10.4. The van der Waals surface area contributed by atoms with Crippen molar-refractivity contribution in [2.24, 2.45) is 0 Å². The molecule has 122 valence electrons. The number of furan rings is 1. The molecule has 0 bridgehead atoms. The second kappa shape index (κ2) is 5.23. The number of benzene rings is 2. The summed E-state index contributed by atoms with van der Waals surface area (Å²) in [4.78, 5) is 0. The average molecular weight is 325 g/mol. The molecule has 0 atom stereocenters. The molecule has 1 aliphatic rings. The van der Waals surface area contributed by atoms with Gasteiger partial charge in [-0.1, -0.05) is 42.3 Å².